The summed E-state index contributed by atoms with van der Waals surface area (Å²) in [4.78, 5) is 12.5. The summed E-state index contributed by atoms with van der Waals surface area (Å²) in [5.41, 5.74) is 3.66. The van der Waals surface area contributed by atoms with Crippen molar-refractivity contribution >= 4 is 11.7 Å². The third-order valence-corrected chi connectivity index (χ3v) is 2.60. The molecule has 0 spiro atoms. The van der Waals surface area contributed by atoms with E-state index in [2.05, 4.69) is 30.0 Å². The van der Waals surface area contributed by atoms with E-state index in [1.54, 1.807) is 0 Å². The van der Waals surface area contributed by atoms with E-state index in [-0.39, 0.29) is 6.42 Å². The predicted molar refractivity (Wildman–Crippen MR) is 66.1 cm³/mol. The highest BCUT2D eigenvalue weighted by molar-refractivity contribution is 5.66. The van der Waals surface area contributed by atoms with Gasteiger partial charge < -0.3 is 10.0 Å². The lowest BCUT2D eigenvalue weighted by molar-refractivity contribution is -0.137. The Kier molecular flexibility index (Phi) is 4.35. The monoisotopic (exact) mass is 221 g/mol. The molecule has 1 rings (SSSR count). The number of carboxylic acids is 1. The molecular weight excluding hydrogens is 202 g/mol. The van der Waals surface area contributed by atoms with Crippen molar-refractivity contribution in [3.8, 4) is 0 Å². The Labute approximate surface area is 96.7 Å². The van der Waals surface area contributed by atoms with Gasteiger partial charge in [0.2, 0.25) is 0 Å². The first-order valence-electron chi connectivity index (χ1n) is 5.49. The van der Waals surface area contributed by atoms with E-state index in [9.17, 15) is 4.79 Å². The first-order chi connectivity index (χ1) is 7.50. The molecule has 0 saturated carbocycles. The topological polar surface area (TPSA) is 40.5 Å². The van der Waals surface area contributed by atoms with Crippen molar-refractivity contribution in [2.75, 3.05) is 19.0 Å². The number of anilines is 1. The summed E-state index contributed by atoms with van der Waals surface area (Å²) in [6.45, 7) is 2.08. The Morgan fingerprint density at radius 1 is 1.38 bits per heavy atom. The molecule has 1 N–H and O–H groups in total. The van der Waals surface area contributed by atoms with Crippen LogP contribution in [0.1, 0.15) is 24.0 Å². The lowest BCUT2D eigenvalue weighted by atomic mass is 10.0. The fourth-order valence-electron chi connectivity index (χ4n) is 1.82. The number of benzene rings is 1. The van der Waals surface area contributed by atoms with Gasteiger partial charge in [-0.05, 0) is 37.0 Å². The predicted octanol–water partition coefficient (Wildman–Crippen LogP) is 2.47. The fourth-order valence-corrected chi connectivity index (χ4v) is 1.82. The standard InChI is InChI=1S/C13H19NO2/c1-10-9-11(5-4-6-13(15)16)7-8-12(10)14(2)3/h7-9H,4-6H2,1-3H3,(H,15,16). The molecule has 0 unspecified atom stereocenters. The summed E-state index contributed by atoms with van der Waals surface area (Å²) < 4.78 is 0. The molecule has 0 bridgehead atoms. The van der Waals surface area contributed by atoms with Gasteiger partial charge in [0.1, 0.15) is 0 Å². The van der Waals surface area contributed by atoms with E-state index < -0.39 is 5.97 Å². The zero-order valence-corrected chi connectivity index (χ0v) is 10.2. The number of rotatable bonds is 5. The smallest absolute Gasteiger partial charge is 0.303 e. The highest BCUT2D eigenvalue weighted by atomic mass is 16.4. The first kappa shape index (κ1) is 12.6. The van der Waals surface area contributed by atoms with Gasteiger partial charge in [0.05, 0.1) is 0 Å². The molecule has 3 nitrogen and oxygen atoms in total. The largest absolute Gasteiger partial charge is 0.481 e. The molecule has 0 aliphatic heterocycles. The van der Waals surface area contributed by atoms with Crippen LogP contribution in [0.15, 0.2) is 18.2 Å². The third kappa shape index (κ3) is 3.57. The minimum Gasteiger partial charge on any atom is -0.481 e. The summed E-state index contributed by atoms with van der Waals surface area (Å²) in [6, 6.07) is 6.30. The Bertz CT molecular complexity index is 372. The third-order valence-electron chi connectivity index (χ3n) is 2.60. The molecular formula is C13H19NO2. The number of hydrogen-bond donors (Lipinski definition) is 1. The van der Waals surface area contributed by atoms with Crippen molar-refractivity contribution in [3.05, 3.63) is 29.3 Å². The molecule has 0 saturated heterocycles. The molecule has 0 aliphatic rings. The number of aryl methyl sites for hydroxylation is 2. The van der Waals surface area contributed by atoms with Gasteiger partial charge in [-0.25, -0.2) is 0 Å². The van der Waals surface area contributed by atoms with E-state index in [0.717, 1.165) is 6.42 Å². The van der Waals surface area contributed by atoms with Crippen LogP contribution < -0.4 is 4.90 Å². The Balaban J connectivity index is 2.63. The van der Waals surface area contributed by atoms with Crippen molar-refractivity contribution in [1.29, 1.82) is 0 Å². The number of nitrogens with zero attached hydrogens (tertiary/aromatic N) is 1. The maximum atomic E-state index is 10.4. The van der Waals surface area contributed by atoms with Crippen LogP contribution in [0.3, 0.4) is 0 Å². The number of hydrogen-bond acceptors (Lipinski definition) is 2. The molecule has 1 aromatic carbocycles. The van der Waals surface area contributed by atoms with Gasteiger partial charge in [0.15, 0.2) is 0 Å². The Morgan fingerprint density at radius 2 is 2.06 bits per heavy atom. The van der Waals surface area contributed by atoms with Crippen molar-refractivity contribution in [3.63, 3.8) is 0 Å². The van der Waals surface area contributed by atoms with Crippen molar-refractivity contribution < 1.29 is 9.90 Å². The molecule has 3 heteroatoms. The number of carbonyl (C=O) groups is 1. The van der Waals surface area contributed by atoms with Crippen LogP contribution in [0.2, 0.25) is 0 Å². The molecule has 0 heterocycles. The van der Waals surface area contributed by atoms with Crippen molar-refractivity contribution in [2.45, 2.75) is 26.2 Å². The summed E-state index contributed by atoms with van der Waals surface area (Å²) >= 11 is 0. The zero-order valence-electron chi connectivity index (χ0n) is 10.2. The average molecular weight is 221 g/mol. The van der Waals surface area contributed by atoms with Crippen LogP contribution in [0.5, 0.6) is 0 Å². The van der Waals surface area contributed by atoms with E-state index in [0.29, 0.717) is 6.42 Å². The van der Waals surface area contributed by atoms with Gasteiger partial charge >= 0.3 is 5.97 Å². The lowest BCUT2D eigenvalue weighted by Crippen LogP contribution is -2.10. The van der Waals surface area contributed by atoms with E-state index in [4.69, 9.17) is 5.11 Å². The normalized spacial score (nSPS) is 10.2. The highest BCUT2D eigenvalue weighted by Gasteiger charge is 2.03. The maximum Gasteiger partial charge on any atom is 0.303 e. The molecule has 0 radical (unpaired) electrons. The molecule has 1 aromatic rings. The molecule has 0 aliphatic carbocycles. The quantitative estimate of drug-likeness (QED) is 0.830. The first-order valence-corrected chi connectivity index (χ1v) is 5.49. The minimum absolute atomic E-state index is 0.245. The summed E-state index contributed by atoms with van der Waals surface area (Å²) in [6.07, 6.45) is 1.78. The molecule has 0 atom stereocenters. The second kappa shape index (κ2) is 5.54. The summed E-state index contributed by atoms with van der Waals surface area (Å²) in [5, 5.41) is 8.56. The SMILES string of the molecule is Cc1cc(CCCC(=O)O)ccc1N(C)C. The summed E-state index contributed by atoms with van der Waals surface area (Å²) in [5.74, 6) is -0.721. The van der Waals surface area contributed by atoms with Gasteiger partial charge in [-0.15, -0.1) is 0 Å². The minimum atomic E-state index is -0.721. The second-order valence-electron chi connectivity index (χ2n) is 4.26. The van der Waals surface area contributed by atoms with Crippen molar-refractivity contribution in [1.82, 2.24) is 0 Å². The molecule has 0 amide bonds. The van der Waals surface area contributed by atoms with Crippen LogP contribution in [0.4, 0.5) is 5.69 Å². The van der Waals surface area contributed by atoms with Gasteiger partial charge in [-0.3, -0.25) is 4.79 Å². The van der Waals surface area contributed by atoms with Crippen LogP contribution in [-0.2, 0) is 11.2 Å². The van der Waals surface area contributed by atoms with Gasteiger partial charge in [-0.2, -0.15) is 0 Å². The Hall–Kier alpha value is -1.51. The summed E-state index contributed by atoms with van der Waals surface area (Å²) in [7, 11) is 4.04. The maximum absolute atomic E-state index is 10.4. The zero-order chi connectivity index (χ0) is 12.1. The van der Waals surface area contributed by atoms with Crippen LogP contribution >= 0.6 is 0 Å². The molecule has 0 aromatic heterocycles. The van der Waals surface area contributed by atoms with Gasteiger partial charge in [-0.1, -0.05) is 12.1 Å². The molecule has 88 valence electrons. The van der Waals surface area contributed by atoms with E-state index in [1.807, 2.05) is 14.1 Å². The van der Waals surface area contributed by atoms with Gasteiger partial charge in [0.25, 0.3) is 0 Å². The number of carboxylic acid groups (broad SMARTS) is 1. The van der Waals surface area contributed by atoms with Crippen LogP contribution in [0, 0.1) is 6.92 Å². The second-order valence-corrected chi connectivity index (χ2v) is 4.26. The fraction of sp³-hybridized carbons (Fsp3) is 0.462. The average Bonchev–Trinajstić information content (AvgIpc) is 2.16. The Morgan fingerprint density at radius 3 is 2.56 bits per heavy atom. The molecule has 0 fully saturated rings. The van der Waals surface area contributed by atoms with Crippen molar-refractivity contribution in [2.24, 2.45) is 0 Å². The number of aliphatic carboxylic acids is 1. The van der Waals surface area contributed by atoms with Crippen LogP contribution in [0.25, 0.3) is 0 Å². The van der Waals surface area contributed by atoms with Gasteiger partial charge in [0, 0.05) is 26.2 Å². The lowest BCUT2D eigenvalue weighted by Gasteiger charge is -2.16. The highest BCUT2D eigenvalue weighted by Crippen LogP contribution is 2.19. The van der Waals surface area contributed by atoms with E-state index >= 15 is 0 Å². The van der Waals surface area contributed by atoms with E-state index in [1.165, 1.54) is 16.8 Å². The molecule has 16 heavy (non-hydrogen) atoms. The van der Waals surface area contributed by atoms with Crippen LogP contribution in [-0.4, -0.2) is 25.2 Å².